The molecule has 0 radical (unpaired) electrons. The highest BCUT2D eigenvalue weighted by Crippen LogP contribution is 2.30. The molecule has 0 aliphatic heterocycles. The first-order chi connectivity index (χ1) is 13.5. The van der Waals surface area contributed by atoms with Gasteiger partial charge in [0.1, 0.15) is 0 Å². The number of carbonyl (C=O) groups excluding carboxylic acids is 2. The summed E-state index contributed by atoms with van der Waals surface area (Å²) in [6.45, 7) is 3.80. The van der Waals surface area contributed by atoms with Gasteiger partial charge in [0, 0.05) is 17.2 Å². The third-order valence-corrected chi connectivity index (χ3v) is 4.89. The molecule has 2 aromatic carbocycles. The number of nitrogens with one attached hydrogen (secondary N) is 2. The van der Waals surface area contributed by atoms with E-state index in [2.05, 4.69) is 15.7 Å². The van der Waals surface area contributed by atoms with Gasteiger partial charge in [0.25, 0.3) is 5.91 Å². The second kappa shape index (κ2) is 7.31. The van der Waals surface area contributed by atoms with Crippen LogP contribution in [0.25, 0.3) is 5.69 Å². The minimum atomic E-state index is -0.209. The Morgan fingerprint density at radius 1 is 0.964 bits per heavy atom. The van der Waals surface area contributed by atoms with Gasteiger partial charge in [0.15, 0.2) is 0 Å². The van der Waals surface area contributed by atoms with E-state index < -0.39 is 0 Å². The van der Waals surface area contributed by atoms with Crippen LogP contribution in [-0.2, 0) is 4.79 Å². The van der Waals surface area contributed by atoms with Crippen LogP contribution in [0.15, 0.2) is 54.6 Å². The van der Waals surface area contributed by atoms with Crippen LogP contribution >= 0.6 is 0 Å². The lowest BCUT2D eigenvalue weighted by Crippen LogP contribution is -2.15. The van der Waals surface area contributed by atoms with Crippen molar-refractivity contribution in [2.24, 2.45) is 5.92 Å². The number of amides is 2. The smallest absolute Gasteiger partial charge is 0.255 e. The standard InChI is InChI=1S/C22H22N4O2/c1-14-20(15(2)26(25-14)19-6-4-3-5-7-19)24-22(28)17-10-12-18(13-11-17)23-21(27)16-8-9-16/h3-7,10-13,16H,8-9H2,1-2H3,(H,23,27)(H,24,28). The van der Waals surface area contributed by atoms with Gasteiger partial charge in [-0.15, -0.1) is 0 Å². The van der Waals surface area contributed by atoms with E-state index >= 15 is 0 Å². The van der Waals surface area contributed by atoms with Crippen LogP contribution in [0.3, 0.4) is 0 Å². The van der Waals surface area contributed by atoms with Gasteiger partial charge < -0.3 is 10.6 Å². The fourth-order valence-corrected chi connectivity index (χ4v) is 3.12. The summed E-state index contributed by atoms with van der Waals surface area (Å²) in [6.07, 6.45) is 1.92. The fraction of sp³-hybridized carbons (Fsp3) is 0.227. The van der Waals surface area contributed by atoms with Crippen LogP contribution in [0.4, 0.5) is 11.4 Å². The van der Waals surface area contributed by atoms with Crippen molar-refractivity contribution in [2.45, 2.75) is 26.7 Å². The molecule has 1 aliphatic rings. The van der Waals surface area contributed by atoms with E-state index in [0.717, 1.165) is 29.9 Å². The molecule has 0 atom stereocenters. The first-order valence-corrected chi connectivity index (χ1v) is 9.37. The summed E-state index contributed by atoms with van der Waals surface area (Å²) in [4.78, 5) is 24.5. The summed E-state index contributed by atoms with van der Waals surface area (Å²) >= 11 is 0. The van der Waals surface area contributed by atoms with Crippen LogP contribution in [0.2, 0.25) is 0 Å². The Balaban J connectivity index is 1.49. The molecule has 0 unspecified atom stereocenters. The van der Waals surface area contributed by atoms with Gasteiger partial charge in [-0.1, -0.05) is 18.2 Å². The number of anilines is 2. The number of carbonyl (C=O) groups is 2. The van der Waals surface area contributed by atoms with Crippen LogP contribution in [0.1, 0.15) is 34.6 Å². The first kappa shape index (κ1) is 18.0. The summed E-state index contributed by atoms with van der Waals surface area (Å²) in [5, 5.41) is 10.4. The topological polar surface area (TPSA) is 76.0 Å². The van der Waals surface area contributed by atoms with E-state index in [9.17, 15) is 9.59 Å². The highest BCUT2D eigenvalue weighted by atomic mass is 16.2. The van der Waals surface area contributed by atoms with Crippen molar-refractivity contribution in [3.8, 4) is 5.69 Å². The molecule has 1 aliphatic carbocycles. The van der Waals surface area contributed by atoms with Crippen LogP contribution < -0.4 is 10.6 Å². The monoisotopic (exact) mass is 374 g/mol. The number of aryl methyl sites for hydroxylation is 1. The van der Waals surface area contributed by atoms with E-state index in [-0.39, 0.29) is 17.7 Å². The van der Waals surface area contributed by atoms with E-state index in [4.69, 9.17) is 0 Å². The summed E-state index contributed by atoms with van der Waals surface area (Å²) < 4.78 is 1.82. The average molecular weight is 374 g/mol. The molecule has 6 nitrogen and oxygen atoms in total. The molecular formula is C22H22N4O2. The maximum absolute atomic E-state index is 12.7. The fourth-order valence-electron chi connectivity index (χ4n) is 3.12. The molecule has 2 amide bonds. The van der Waals surface area contributed by atoms with Gasteiger partial charge in [-0.25, -0.2) is 4.68 Å². The highest BCUT2D eigenvalue weighted by Gasteiger charge is 2.29. The zero-order valence-corrected chi connectivity index (χ0v) is 15.9. The second-order valence-electron chi connectivity index (χ2n) is 7.09. The third kappa shape index (κ3) is 3.67. The molecule has 1 heterocycles. The molecule has 2 N–H and O–H groups in total. The summed E-state index contributed by atoms with van der Waals surface area (Å²) in [7, 11) is 0. The minimum Gasteiger partial charge on any atom is -0.326 e. The number of benzene rings is 2. The lowest BCUT2D eigenvalue weighted by molar-refractivity contribution is -0.117. The van der Waals surface area contributed by atoms with E-state index in [1.54, 1.807) is 24.3 Å². The Labute approximate surface area is 163 Å². The SMILES string of the molecule is Cc1nn(-c2ccccc2)c(C)c1NC(=O)c1ccc(NC(=O)C2CC2)cc1. The minimum absolute atomic E-state index is 0.0526. The molecule has 6 heteroatoms. The number of hydrogen-bond acceptors (Lipinski definition) is 3. The number of aromatic nitrogens is 2. The van der Waals surface area contributed by atoms with E-state index in [0.29, 0.717) is 16.9 Å². The number of hydrogen-bond donors (Lipinski definition) is 2. The van der Waals surface area contributed by atoms with Gasteiger partial charge in [-0.05, 0) is 63.1 Å². The molecule has 28 heavy (non-hydrogen) atoms. The van der Waals surface area contributed by atoms with E-state index in [1.165, 1.54) is 0 Å². The van der Waals surface area contributed by atoms with Gasteiger partial charge in [0.05, 0.1) is 22.8 Å². The highest BCUT2D eigenvalue weighted by molar-refractivity contribution is 6.05. The third-order valence-electron chi connectivity index (χ3n) is 4.89. The van der Waals surface area contributed by atoms with Crippen LogP contribution in [0.5, 0.6) is 0 Å². The van der Waals surface area contributed by atoms with Gasteiger partial charge in [-0.2, -0.15) is 5.10 Å². The Kier molecular flexibility index (Phi) is 4.69. The normalized spacial score (nSPS) is 13.2. The Morgan fingerprint density at radius 3 is 2.29 bits per heavy atom. The zero-order valence-electron chi connectivity index (χ0n) is 15.9. The van der Waals surface area contributed by atoms with Crippen molar-refractivity contribution in [3.05, 3.63) is 71.5 Å². The second-order valence-corrected chi connectivity index (χ2v) is 7.09. The molecule has 0 saturated heterocycles. The maximum atomic E-state index is 12.7. The van der Waals surface area contributed by atoms with Crippen molar-refractivity contribution < 1.29 is 9.59 Å². The molecule has 3 aromatic rings. The Morgan fingerprint density at radius 2 is 1.64 bits per heavy atom. The van der Waals surface area contributed by atoms with Crippen molar-refractivity contribution in [1.82, 2.24) is 9.78 Å². The number of para-hydroxylation sites is 1. The maximum Gasteiger partial charge on any atom is 0.255 e. The first-order valence-electron chi connectivity index (χ1n) is 9.37. The summed E-state index contributed by atoms with van der Waals surface area (Å²) in [5.41, 5.74) is 4.50. The molecule has 4 rings (SSSR count). The zero-order chi connectivity index (χ0) is 19.7. The summed E-state index contributed by atoms with van der Waals surface area (Å²) in [6, 6.07) is 16.7. The van der Waals surface area contributed by atoms with Crippen molar-refractivity contribution >= 4 is 23.2 Å². The molecule has 1 fully saturated rings. The van der Waals surface area contributed by atoms with Crippen molar-refractivity contribution in [3.63, 3.8) is 0 Å². The largest absolute Gasteiger partial charge is 0.326 e. The van der Waals surface area contributed by atoms with Crippen molar-refractivity contribution in [1.29, 1.82) is 0 Å². The number of nitrogens with zero attached hydrogens (tertiary/aromatic N) is 2. The lowest BCUT2D eigenvalue weighted by Gasteiger charge is -2.08. The quantitative estimate of drug-likeness (QED) is 0.706. The lowest BCUT2D eigenvalue weighted by atomic mass is 10.1. The predicted octanol–water partition coefficient (Wildman–Crippen LogP) is 4.09. The molecule has 1 saturated carbocycles. The van der Waals surface area contributed by atoms with Crippen molar-refractivity contribution in [2.75, 3.05) is 10.6 Å². The average Bonchev–Trinajstić information content (AvgIpc) is 3.52. The Hall–Kier alpha value is -3.41. The number of rotatable bonds is 5. The van der Waals surface area contributed by atoms with E-state index in [1.807, 2.05) is 48.9 Å². The van der Waals surface area contributed by atoms with Gasteiger partial charge in [0.2, 0.25) is 5.91 Å². The molecule has 1 aromatic heterocycles. The predicted molar refractivity (Wildman–Crippen MR) is 109 cm³/mol. The van der Waals surface area contributed by atoms with Gasteiger partial charge >= 0.3 is 0 Å². The molecule has 142 valence electrons. The summed E-state index contributed by atoms with van der Waals surface area (Å²) in [5.74, 6) is -0.00858. The molecule has 0 spiro atoms. The molecule has 0 bridgehead atoms. The van der Waals surface area contributed by atoms with Crippen LogP contribution in [-0.4, -0.2) is 21.6 Å². The molecular weight excluding hydrogens is 352 g/mol. The van der Waals surface area contributed by atoms with Crippen LogP contribution in [0, 0.1) is 19.8 Å². The van der Waals surface area contributed by atoms with Gasteiger partial charge in [-0.3, -0.25) is 9.59 Å². The Bertz CT molecular complexity index is 1020.